The summed E-state index contributed by atoms with van der Waals surface area (Å²) in [7, 11) is 0. The zero-order chi connectivity index (χ0) is 15.0. The minimum Gasteiger partial charge on any atom is -0.440 e. The molecule has 5 heteroatoms. The highest BCUT2D eigenvalue weighted by atomic mass is 16.5. The van der Waals surface area contributed by atoms with Gasteiger partial charge in [0.2, 0.25) is 5.88 Å². The second kappa shape index (κ2) is 5.13. The minimum absolute atomic E-state index is 0.0922. The second-order valence-corrected chi connectivity index (χ2v) is 5.44. The monoisotopic (exact) mass is 284 g/mol. The van der Waals surface area contributed by atoms with Gasteiger partial charge >= 0.3 is 5.63 Å². The maximum absolute atomic E-state index is 12.3. The summed E-state index contributed by atoms with van der Waals surface area (Å²) in [6.07, 6.45) is 6.87. The number of nitriles is 1. The molecule has 0 bridgehead atoms. The lowest BCUT2D eigenvalue weighted by Gasteiger charge is -2.31. The molecule has 1 aliphatic heterocycles. The summed E-state index contributed by atoms with van der Waals surface area (Å²) in [5, 5.41) is 9.42. The Morgan fingerprint density at radius 2 is 2.24 bits per heavy atom. The molecule has 2 atom stereocenters. The van der Waals surface area contributed by atoms with Crippen LogP contribution in [0.3, 0.4) is 0 Å². The van der Waals surface area contributed by atoms with Gasteiger partial charge in [0, 0.05) is 12.0 Å². The van der Waals surface area contributed by atoms with Crippen LogP contribution in [0.15, 0.2) is 38.9 Å². The summed E-state index contributed by atoms with van der Waals surface area (Å²) in [6.45, 7) is 1.68. The molecule has 0 spiro atoms. The van der Waals surface area contributed by atoms with E-state index < -0.39 is 5.63 Å². The first-order chi connectivity index (χ1) is 10.1. The number of nitrogens with zero attached hydrogens (tertiary/aromatic N) is 1. The van der Waals surface area contributed by atoms with Crippen LogP contribution >= 0.6 is 0 Å². The molecular weight excluding hydrogens is 268 g/mol. The zero-order valence-electron chi connectivity index (χ0n) is 11.8. The zero-order valence-corrected chi connectivity index (χ0v) is 11.8. The molecule has 0 fully saturated rings. The predicted molar refractivity (Wildman–Crippen MR) is 76.4 cm³/mol. The van der Waals surface area contributed by atoms with Gasteiger partial charge in [-0.05, 0) is 32.1 Å². The van der Waals surface area contributed by atoms with Crippen LogP contribution in [0.4, 0.5) is 0 Å². The maximum Gasteiger partial charge on any atom is 0.343 e. The van der Waals surface area contributed by atoms with Gasteiger partial charge in [0.15, 0.2) is 0 Å². The molecule has 21 heavy (non-hydrogen) atoms. The third-order valence-corrected chi connectivity index (χ3v) is 4.08. The van der Waals surface area contributed by atoms with Crippen LogP contribution in [0.5, 0.6) is 5.75 Å². The fraction of sp³-hybridized carbons (Fsp3) is 0.375. The van der Waals surface area contributed by atoms with Crippen molar-refractivity contribution in [2.75, 3.05) is 0 Å². The molecule has 0 unspecified atom stereocenters. The molecule has 2 heterocycles. The summed E-state index contributed by atoms with van der Waals surface area (Å²) in [5.41, 5.74) is 6.20. The Morgan fingerprint density at radius 3 is 2.90 bits per heavy atom. The number of hydrogen-bond acceptors (Lipinski definition) is 5. The molecule has 0 radical (unpaired) electrons. The van der Waals surface area contributed by atoms with Crippen molar-refractivity contribution in [2.45, 2.75) is 32.1 Å². The average molecular weight is 284 g/mol. The number of allylic oxidation sites excluding steroid dienone is 3. The van der Waals surface area contributed by atoms with Crippen LogP contribution in [0.2, 0.25) is 0 Å². The van der Waals surface area contributed by atoms with Gasteiger partial charge in [0.05, 0.1) is 11.1 Å². The van der Waals surface area contributed by atoms with E-state index in [4.69, 9.17) is 14.9 Å². The maximum atomic E-state index is 12.3. The summed E-state index contributed by atoms with van der Waals surface area (Å²) < 4.78 is 10.7. The number of ether oxygens (including phenoxy) is 1. The van der Waals surface area contributed by atoms with E-state index in [2.05, 4.69) is 18.2 Å². The first-order valence-corrected chi connectivity index (χ1v) is 6.99. The molecule has 108 valence electrons. The van der Waals surface area contributed by atoms with Crippen molar-refractivity contribution in [1.29, 1.82) is 5.26 Å². The molecule has 0 saturated carbocycles. The SMILES string of the molecule is Cc1cc2c(c(=O)o1)[C@@H]([C@H]1CC=CCC1)C(C#N)=C(N)O2. The van der Waals surface area contributed by atoms with Gasteiger partial charge in [0.1, 0.15) is 17.6 Å². The molecular formula is C16H16N2O3. The molecule has 0 aromatic carbocycles. The van der Waals surface area contributed by atoms with Gasteiger partial charge in [-0.25, -0.2) is 4.79 Å². The molecule has 5 nitrogen and oxygen atoms in total. The molecule has 3 rings (SSSR count). The van der Waals surface area contributed by atoms with Crippen LogP contribution in [-0.4, -0.2) is 0 Å². The Bertz CT molecular complexity index is 737. The fourth-order valence-electron chi connectivity index (χ4n) is 3.15. The Morgan fingerprint density at radius 1 is 1.43 bits per heavy atom. The number of nitrogens with two attached hydrogens (primary N) is 1. The van der Waals surface area contributed by atoms with Gasteiger partial charge in [-0.1, -0.05) is 12.2 Å². The summed E-state index contributed by atoms with van der Waals surface area (Å²) in [4.78, 5) is 12.3. The molecule has 2 N–H and O–H groups in total. The van der Waals surface area contributed by atoms with Gasteiger partial charge in [-0.3, -0.25) is 0 Å². The number of rotatable bonds is 1. The van der Waals surface area contributed by atoms with E-state index in [1.165, 1.54) is 0 Å². The Balaban J connectivity index is 2.18. The molecule has 1 aromatic heterocycles. The van der Waals surface area contributed by atoms with E-state index in [1.54, 1.807) is 13.0 Å². The second-order valence-electron chi connectivity index (χ2n) is 5.44. The minimum atomic E-state index is -0.440. The lowest BCUT2D eigenvalue weighted by molar-refractivity contribution is 0.328. The Hall–Kier alpha value is -2.48. The lowest BCUT2D eigenvalue weighted by Crippen LogP contribution is -2.30. The Kier molecular flexibility index (Phi) is 3.30. The first kappa shape index (κ1) is 13.5. The van der Waals surface area contributed by atoms with Gasteiger partial charge in [0.25, 0.3) is 0 Å². The molecule has 0 saturated heterocycles. The highest BCUT2D eigenvalue weighted by Crippen LogP contribution is 2.44. The van der Waals surface area contributed by atoms with Gasteiger partial charge in [-0.2, -0.15) is 5.26 Å². The first-order valence-electron chi connectivity index (χ1n) is 6.99. The molecule has 1 aliphatic carbocycles. The summed E-state index contributed by atoms with van der Waals surface area (Å²) >= 11 is 0. The number of aryl methyl sites for hydroxylation is 1. The van der Waals surface area contributed by atoms with Crippen molar-refractivity contribution in [3.63, 3.8) is 0 Å². The summed E-state index contributed by atoms with van der Waals surface area (Å²) in [6, 6.07) is 3.76. The van der Waals surface area contributed by atoms with Gasteiger partial charge < -0.3 is 14.9 Å². The van der Waals surface area contributed by atoms with E-state index in [9.17, 15) is 10.1 Å². The fourth-order valence-corrected chi connectivity index (χ4v) is 3.15. The normalized spacial score (nSPS) is 24.2. The smallest absolute Gasteiger partial charge is 0.343 e. The van der Waals surface area contributed by atoms with Crippen LogP contribution in [-0.2, 0) is 0 Å². The quantitative estimate of drug-likeness (QED) is 0.800. The van der Waals surface area contributed by atoms with Crippen molar-refractivity contribution in [3.05, 3.63) is 51.4 Å². The van der Waals surface area contributed by atoms with Crippen molar-refractivity contribution in [2.24, 2.45) is 11.7 Å². The largest absolute Gasteiger partial charge is 0.440 e. The van der Waals surface area contributed by atoms with Crippen LogP contribution in [0.25, 0.3) is 0 Å². The van der Waals surface area contributed by atoms with E-state index in [0.29, 0.717) is 22.6 Å². The van der Waals surface area contributed by atoms with Crippen molar-refractivity contribution < 1.29 is 9.15 Å². The third kappa shape index (κ3) is 2.23. The molecule has 0 amide bonds. The van der Waals surface area contributed by atoms with Crippen LogP contribution < -0.4 is 16.1 Å². The predicted octanol–water partition coefficient (Wildman–Crippen LogP) is 2.47. The highest BCUT2D eigenvalue weighted by Gasteiger charge is 2.37. The van der Waals surface area contributed by atoms with Crippen molar-refractivity contribution >= 4 is 0 Å². The lowest BCUT2D eigenvalue weighted by atomic mass is 9.75. The Labute approximate surface area is 122 Å². The van der Waals surface area contributed by atoms with Crippen molar-refractivity contribution in [3.8, 4) is 11.8 Å². The molecule has 1 aromatic rings. The van der Waals surface area contributed by atoms with E-state index >= 15 is 0 Å². The van der Waals surface area contributed by atoms with E-state index in [0.717, 1.165) is 19.3 Å². The number of fused-ring (bicyclic) bond motifs is 1. The highest BCUT2D eigenvalue weighted by molar-refractivity contribution is 5.49. The van der Waals surface area contributed by atoms with Crippen molar-refractivity contribution in [1.82, 2.24) is 0 Å². The topological polar surface area (TPSA) is 89.2 Å². The third-order valence-electron chi connectivity index (χ3n) is 4.08. The number of hydrogen-bond donors (Lipinski definition) is 1. The van der Waals surface area contributed by atoms with Gasteiger partial charge in [-0.15, -0.1) is 0 Å². The van der Waals surface area contributed by atoms with Crippen LogP contribution in [0.1, 0.15) is 36.5 Å². The standard InChI is InChI=1S/C16H16N2O3/c1-9-7-12-14(16(19)20-9)13(10-5-3-2-4-6-10)11(8-17)15(18)21-12/h2-3,7,10,13H,4-6,18H2,1H3/t10-,13-/m0/s1. The van der Waals surface area contributed by atoms with E-state index in [-0.39, 0.29) is 17.7 Å². The average Bonchev–Trinajstić information content (AvgIpc) is 2.46. The molecule has 2 aliphatic rings. The van der Waals surface area contributed by atoms with E-state index in [1.807, 2.05) is 0 Å². The van der Waals surface area contributed by atoms with Crippen LogP contribution in [0, 0.1) is 24.2 Å². The summed E-state index contributed by atoms with van der Waals surface area (Å²) in [5.74, 6) is 0.792.